The van der Waals surface area contributed by atoms with Crippen LogP contribution in [-0.4, -0.2) is 31.9 Å². The lowest BCUT2D eigenvalue weighted by molar-refractivity contribution is 0.163. The molecule has 0 aromatic carbocycles. The van der Waals surface area contributed by atoms with Gasteiger partial charge >= 0.3 is 0 Å². The standard InChI is InChI=1S/C5H13NO3S/c1-4(5(2)7)6-10(3,8)9/h4-7H,1-3H3. The second-order valence-electron chi connectivity index (χ2n) is 2.42. The van der Waals surface area contributed by atoms with E-state index in [9.17, 15) is 8.42 Å². The Labute approximate surface area is 61.3 Å². The van der Waals surface area contributed by atoms with Gasteiger partial charge in [-0.15, -0.1) is 0 Å². The molecule has 0 aliphatic carbocycles. The fourth-order valence-corrected chi connectivity index (χ4v) is 1.31. The van der Waals surface area contributed by atoms with E-state index in [4.69, 9.17) is 5.11 Å². The predicted octanol–water partition coefficient (Wildman–Crippen LogP) is -0.695. The molecule has 0 spiro atoms. The van der Waals surface area contributed by atoms with E-state index in [1.807, 2.05) is 0 Å². The minimum atomic E-state index is -3.18. The highest BCUT2D eigenvalue weighted by Gasteiger charge is 2.12. The van der Waals surface area contributed by atoms with Crippen LogP contribution in [0.2, 0.25) is 0 Å². The highest BCUT2D eigenvalue weighted by atomic mass is 32.2. The summed E-state index contributed by atoms with van der Waals surface area (Å²) in [6.45, 7) is 3.13. The Kier molecular flexibility index (Phi) is 3.27. The van der Waals surface area contributed by atoms with Gasteiger partial charge in [-0.1, -0.05) is 0 Å². The summed E-state index contributed by atoms with van der Waals surface area (Å²) in [6.07, 6.45) is 0.404. The van der Waals surface area contributed by atoms with Crippen LogP contribution in [0.3, 0.4) is 0 Å². The molecule has 5 heteroatoms. The maximum absolute atomic E-state index is 10.5. The molecule has 62 valence electrons. The number of hydrogen-bond acceptors (Lipinski definition) is 3. The molecule has 0 saturated heterocycles. The van der Waals surface area contributed by atoms with Gasteiger partial charge in [0.05, 0.1) is 12.4 Å². The Hall–Kier alpha value is -0.130. The Morgan fingerprint density at radius 2 is 1.80 bits per heavy atom. The zero-order chi connectivity index (χ0) is 8.36. The van der Waals surface area contributed by atoms with Crippen molar-refractivity contribution in [3.05, 3.63) is 0 Å². The maximum Gasteiger partial charge on any atom is 0.209 e. The topological polar surface area (TPSA) is 66.4 Å². The molecule has 2 unspecified atom stereocenters. The first-order chi connectivity index (χ1) is 4.33. The van der Waals surface area contributed by atoms with Crippen molar-refractivity contribution in [1.82, 2.24) is 4.72 Å². The summed E-state index contributed by atoms with van der Waals surface area (Å²) >= 11 is 0. The zero-order valence-corrected chi connectivity index (χ0v) is 7.14. The van der Waals surface area contributed by atoms with Gasteiger partial charge in [0.15, 0.2) is 0 Å². The van der Waals surface area contributed by atoms with Crippen LogP contribution in [0.5, 0.6) is 0 Å². The summed E-state index contributed by atoms with van der Waals surface area (Å²) in [4.78, 5) is 0. The Morgan fingerprint density at radius 1 is 1.40 bits per heavy atom. The van der Waals surface area contributed by atoms with Crippen molar-refractivity contribution in [3.8, 4) is 0 Å². The molecule has 2 atom stereocenters. The average Bonchev–Trinajstić information content (AvgIpc) is 1.60. The Balaban J connectivity index is 3.93. The predicted molar refractivity (Wildman–Crippen MR) is 39.1 cm³/mol. The number of aliphatic hydroxyl groups excluding tert-OH is 1. The molecule has 0 fully saturated rings. The minimum Gasteiger partial charge on any atom is -0.392 e. The molecule has 4 nitrogen and oxygen atoms in total. The Bertz CT molecular complexity index is 185. The highest BCUT2D eigenvalue weighted by Crippen LogP contribution is 1.91. The quantitative estimate of drug-likeness (QED) is 0.584. The molecule has 0 rings (SSSR count). The third-order valence-corrected chi connectivity index (χ3v) is 1.92. The van der Waals surface area contributed by atoms with Gasteiger partial charge < -0.3 is 5.11 Å². The van der Waals surface area contributed by atoms with E-state index < -0.39 is 22.2 Å². The molecule has 0 radical (unpaired) electrons. The number of rotatable bonds is 3. The van der Waals surface area contributed by atoms with Gasteiger partial charge in [-0.25, -0.2) is 13.1 Å². The molecule has 10 heavy (non-hydrogen) atoms. The number of nitrogens with one attached hydrogen (secondary N) is 1. The van der Waals surface area contributed by atoms with Gasteiger partial charge in [0, 0.05) is 6.04 Å². The molecule has 0 heterocycles. The van der Waals surface area contributed by atoms with E-state index in [0.29, 0.717) is 0 Å². The van der Waals surface area contributed by atoms with E-state index in [1.165, 1.54) is 6.92 Å². The smallest absolute Gasteiger partial charge is 0.209 e. The summed E-state index contributed by atoms with van der Waals surface area (Å²) in [5, 5.41) is 8.86. The van der Waals surface area contributed by atoms with Gasteiger partial charge in [0.25, 0.3) is 0 Å². The summed E-state index contributed by atoms with van der Waals surface area (Å²) in [5.41, 5.74) is 0. The van der Waals surface area contributed by atoms with Gasteiger partial charge in [0.1, 0.15) is 0 Å². The van der Waals surface area contributed by atoms with Gasteiger partial charge in [-0.3, -0.25) is 0 Å². The number of hydrogen-bond donors (Lipinski definition) is 2. The van der Waals surface area contributed by atoms with Crippen LogP contribution in [0, 0.1) is 0 Å². The maximum atomic E-state index is 10.5. The van der Waals surface area contributed by atoms with Crippen LogP contribution in [-0.2, 0) is 10.0 Å². The average molecular weight is 167 g/mol. The van der Waals surface area contributed by atoms with Crippen LogP contribution >= 0.6 is 0 Å². The molecular weight excluding hydrogens is 154 g/mol. The second-order valence-corrected chi connectivity index (χ2v) is 4.20. The zero-order valence-electron chi connectivity index (χ0n) is 6.33. The number of aliphatic hydroxyl groups is 1. The molecule has 0 bridgehead atoms. The van der Waals surface area contributed by atoms with E-state index in [2.05, 4.69) is 4.72 Å². The Morgan fingerprint density at radius 3 is 1.90 bits per heavy atom. The molecular formula is C5H13NO3S. The van der Waals surface area contributed by atoms with Crippen LogP contribution in [0.1, 0.15) is 13.8 Å². The second kappa shape index (κ2) is 3.32. The summed E-state index contributed by atoms with van der Waals surface area (Å²) in [7, 11) is -3.18. The third-order valence-electron chi connectivity index (χ3n) is 1.12. The summed E-state index contributed by atoms with van der Waals surface area (Å²) in [5.74, 6) is 0. The fourth-order valence-electron chi connectivity index (χ4n) is 0.436. The van der Waals surface area contributed by atoms with E-state index >= 15 is 0 Å². The largest absolute Gasteiger partial charge is 0.392 e. The van der Waals surface area contributed by atoms with Crippen molar-refractivity contribution in [2.45, 2.75) is 26.0 Å². The third kappa shape index (κ3) is 4.72. The van der Waals surface area contributed by atoms with Crippen LogP contribution in [0.4, 0.5) is 0 Å². The van der Waals surface area contributed by atoms with Crippen molar-refractivity contribution < 1.29 is 13.5 Å². The van der Waals surface area contributed by atoms with Crippen LogP contribution in [0.15, 0.2) is 0 Å². The van der Waals surface area contributed by atoms with Crippen molar-refractivity contribution in [2.75, 3.05) is 6.26 Å². The van der Waals surface area contributed by atoms with Crippen molar-refractivity contribution >= 4 is 10.0 Å². The van der Waals surface area contributed by atoms with Gasteiger partial charge in [-0.05, 0) is 13.8 Å². The van der Waals surface area contributed by atoms with Gasteiger partial charge in [-0.2, -0.15) is 0 Å². The van der Waals surface area contributed by atoms with E-state index in [-0.39, 0.29) is 0 Å². The summed E-state index contributed by atoms with van der Waals surface area (Å²) < 4.78 is 23.3. The molecule has 0 aromatic heterocycles. The van der Waals surface area contributed by atoms with Crippen LogP contribution < -0.4 is 4.72 Å². The SMILES string of the molecule is CC(O)C(C)NS(C)(=O)=O. The molecule has 0 saturated carbocycles. The first-order valence-electron chi connectivity index (χ1n) is 2.98. The molecule has 0 aliphatic rings. The minimum absolute atomic E-state index is 0.421. The van der Waals surface area contributed by atoms with Crippen molar-refractivity contribution in [2.24, 2.45) is 0 Å². The molecule has 0 aromatic rings. The molecule has 2 N–H and O–H groups in total. The van der Waals surface area contributed by atoms with Crippen molar-refractivity contribution in [3.63, 3.8) is 0 Å². The highest BCUT2D eigenvalue weighted by molar-refractivity contribution is 7.88. The molecule has 0 aliphatic heterocycles. The molecule has 0 amide bonds. The van der Waals surface area contributed by atoms with Crippen molar-refractivity contribution in [1.29, 1.82) is 0 Å². The lowest BCUT2D eigenvalue weighted by atomic mass is 10.2. The fraction of sp³-hybridized carbons (Fsp3) is 1.00. The van der Waals surface area contributed by atoms with E-state index in [1.54, 1.807) is 6.92 Å². The first-order valence-corrected chi connectivity index (χ1v) is 4.87. The lowest BCUT2D eigenvalue weighted by Gasteiger charge is -2.14. The van der Waals surface area contributed by atoms with Gasteiger partial charge in [0.2, 0.25) is 10.0 Å². The monoisotopic (exact) mass is 167 g/mol. The summed E-state index contributed by atoms with van der Waals surface area (Å²) in [6, 6.07) is -0.421. The lowest BCUT2D eigenvalue weighted by Crippen LogP contribution is -2.38. The normalized spacial score (nSPS) is 18.4. The number of sulfonamides is 1. The first kappa shape index (κ1) is 9.87. The van der Waals surface area contributed by atoms with E-state index in [0.717, 1.165) is 6.26 Å². The van der Waals surface area contributed by atoms with Crippen LogP contribution in [0.25, 0.3) is 0 Å².